The first-order valence-corrected chi connectivity index (χ1v) is 9.59. The van der Waals surface area contributed by atoms with Crippen molar-refractivity contribution in [2.75, 3.05) is 47.1 Å². The molecule has 1 amide bonds. The molecule has 2 aromatic carbocycles. The fourth-order valence-electron chi connectivity index (χ4n) is 3.34. The number of rotatable bonds is 8. The molecule has 1 saturated heterocycles. The van der Waals surface area contributed by atoms with Crippen molar-refractivity contribution < 1.29 is 19.0 Å². The van der Waals surface area contributed by atoms with Gasteiger partial charge < -0.3 is 24.4 Å². The van der Waals surface area contributed by atoms with Crippen molar-refractivity contribution in [3.8, 4) is 22.6 Å². The topological polar surface area (TPSA) is 60.0 Å². The van der Waals surface area contributed by atoms with Gasteiger partial charge in [-0.25, -0.2) is 0 Å². The third-order valence-corrected chi connectivity index (χ3v) is 4.89. The number of benzene rings is 2. The summed E-state index contributed by atoms with van der Waals surface area (Å²) in [6.45, 7) is 3.90. The smallest absolute Gasteiger partial charge is 0.224 e. The minimum atomic E-state index is 0.173. The number of methoxy groups -OCH3 is 2. The van der Waals surface area contributed by atoms with E-state index in [0.717, 1.165) is 16.7 Å². The normalized spacial score (nSPS) is 14.0. The van der Waals surface area contributed by atoms with Gasteiger partial charge in [0.05, 0.1) is 27.4 Å². The van der Waals surface area contributed by atoms with Gasteiger partial charge in [-0.15, -0.1) is 0 Å². The predicted octanol–water partition coefficient (Wildman–Crippen LogP) is 2.71. The Morgan fingerprint density at radius 2 is 1.75 bits per heavy atom. The molecule has 1 fully saturated rings. The van der Waals surface area contributed by atoms with Crippen LogP contribution in [0.3, 0.4) is 0 Å². The Morgan fingerprint density at radius 3 is 2.43 bits per heavy atom. The lowest BCUT2D eigenvalue weighted by Crippen LogP contribution is -2.41. The fourth-order valence-corrected chi connectivity index (χ4v) is 3.34. The molecule has 0 bridgehead atoms. The monoisotopic (exact) mass is 384 g/mol. The first kappa shape index (κ1) is 20.2. The molecule has 0 radical (unpaired) electrons. The van der Waals surface area contributed by atoms with E-state index in [0.29, 0.717) is 57.3 Å². The molecule has 28 heavy (non-hydrogen) atoms. The van der Waals surface area contributed by atoms with Gasteiger partial charge >= 0.3 is 0 Å². The van der Waals surface area contributed by atoms with Crippen molar-refractivity contribution in [3.05, 3.63) is 48.0 Å². The zero-order valence-electron chi connectivity index (χ0n) is 16.6. The zero-order chi connectivity index (χ0) is 19.8. The average molecular weight is 384 g/mol. The summed E-state index contributed by atoms with van der Waals surface area (Å²) in [6, 6.07) is 14.2. The minimum absolute atomic E-state index is 0.173. The van der Waals surface area contributed by atoms with Crippen LogP contribution in [-0.2, 0) is 16.1 Å². The van der Waals surface area contributed by atoms with E-state index in [9.17, 15) is 4.79 Å². The Hall–Kier alpha value is -2.57. The molecule has 0 aliphatic carbocycles. The van der Waals surface area contributed by atoms with Gasteiger partial charge in [-0.3, -0.25) is 4.79 Å². The molecule has 6 nitrogen and oxygen atoms in total. The molecule has 0 unspecified atom stereocenters. The Bertz CT molecular complexity index is 774. The number of amides is 1. The number of nitrogens with zero attached hydrogens (tertiary/aromatic N) is 1. The summed E-state index contributed by atoms with van der Waals surface area (Å²) in [5.41, 5.74) is 3.30. The first-order chi connectivity index (χ1) is 13.7. The fraction of sp³-hybridized carbons (Fsp3) is 0.409. The van der Waals surface area contributed by atoms with E-state index in [-0.39, 0.29) is 5.91 Å². The van der Waals surface area contributed by atoms with Crippen LogP contribution in [0.15, 0.2) is 42.5 Å². The summed E-state index contributed by atoms with van der Waals surface area (Å²) in [5, 5.41) is 3.40. The SMILES string of the molecule is COc1cc(CNCCC(=O)N2CCOCC2)c(-c2ccccc2)cc1OC. The second-order valence-electron chi connectivity index (χ2n) is 6.65. The third kappa shape index (κ3) is 5.03. The highest BCUT2D eigenvalue weighted by atomic mass is 16.5. The molecule has 1 aliphatic rings. The lowest BCUT2D eigenvalue weighted by atomic mass is 9.98. The van der Waals surface area contributed by atoms with Crippen LogP contribution in [0, 0.1) is 0 Å². The van der Waals surface area contributed by atoms with Gasteiger partial charge in [-0.2, -0.15) is 0 Å². The van der Waals surface area contributed by atoms with Crippen LogP contribution in [0.2, 0.25) is 0 Å². The largest absolute Gasteiger partial charge is 0.493 e. The molecule has 0 atom stereocenters. The molecule has 3 rings (SSSR count). The second kappa shape index (κ2) is 10.1. The number of carbonyl (C=O) groups is 1. The molecule has 0 aromatic heterocycles. The van der Waals surface area contributed by atoms with Gasteiger partial charge in [0, 0.05) is 32.6 Å². The van der Waals surface area contributed by atoms with Crippen molar-refractivity contribution in [2.45, 2.75) is 13.0 Å². The summed E-state index contributed by atoms with van der Waals surface area (Å²) in [5.74, 6) is 1.57. The third-order valence-electron chi connectivity index (χ3n) is 4.89. The highest BCUT2D eigenvalue weighted by molar-refractivity contribution is 5.76. The van der Waals surface area contributed by atoms with E-state index in [4.69, 9.17) is 14.2 Å². The number of hydrogen-bond donors (Lipinski definition) is 1. The van der Waals surface area contributed by atoms with Gasteiger partial charge in [0.1, 0.15) is 0 Å². The molecule has 1 N–H and O–H groups in total. The second-order valence-corrected chi connectivity index (χ2v) is 6.65. The highest BCUT2D eigenvalue weighted by Crippen LogP contribution is 2.35. The van der Waals surface area contributed by atoms with E-state index < -0.39 is 0 Å². The van der Waals surface area contributed by atoms with Crippen molar-refractivity contribution >= 4 is 5.91 Å². The maximum atomic E-state index is 12.3. The molecular weight excluding hydrogens is 356 g/mol. The number of morpholine rings is 1. The molecule has 1 aliphatic heterocycles. The highest BCUT2D eigenvalue weighted by Gasteiger charge is 2.16. The molecule has 150 valence electrons. The Kier molecular flexibility index (Phi) is 7.28. The van der Waals surface area contributed by atoms with E-state index in [1.165, 1.54) is 0 Å². The van der Waals surface area contributed by atoms with Gasteiger partial charge in [0.2, 0.25) is 5.91 Å². The van der Waals surface area contributed by atoms with E-state index in [1.54, 1.807) is 14.2 Å². The Balaban J connectivity index is 1.67. The van der Waals surface area contributed by atoms with Crippen molar-refractivity contribution in [1.82, 2.24) is 10.2 Å². The maximum absolute atomic E-state index is 12.3. The minimum Gasteiger partial charge on any atom is -0.493 e. The maximum Gasteiger partial charge on any atom is 0.224 e. The van der Waals surface area contributed by atoms with Crippen LogP contribution in [0.4, 0.5) is 0 Å². The first-order valence-electron chi connectivity index (χ1n) is 9.59. The van der Waals surface area contributed by atoms with Crippen molar-refractivity contribution in [1.29, 1.82) is 0 Å². The van der Waals surface area contributed by atoms with Crippen molar-refractivity contribution in [3.63, 3.8) is 0 Å². The standard InChI is InChI=1S/C22H28N2O4/c1-26-20-14-18(16-23-9-8-22(25)24-10-12-28-13-11-24)19(15-21(20)27-2)17-6-4-3-5-7-17/h3-7,14-15,23H,8-13,16H2,1-2H3. The lowest BCUT2D eigenvalue weighted by Gasteiger charge is -2.26. The van der Waals surface area contributed by atoms with E-state index >= 15 is 0 Å². The van der Waals surface area contributed by atoms with Crippen molar-refractivity contribution in [2.24, 2.45) is 0 Å². The van der Waals surface area contributed by atoms with Crippen LogP contribution < -0.4 is 14.8 Å². The summed E-state index contributed by atoms with van der Waals surface area (Å²) in [6.07, 6.45) is 0.480. The molecule has 1 heterocycles. The van der Waals surface area contributed by atoms with Gasteiger partial charge in [-0.1, -0.05) is 30.3 Å². The van der Waals surface area contributed by atoms with Gasteiger partial charge in [0.15, 0.2) is 11.5 Å². The van der Waals surface area contributed by atoms with Crippen LogP contribution in [0.25, 0.3) is 11.1 Å². The molecule has 6 heteroatoms. The summed E-state index contributed by atoms with van der Waals surface area (Å²) in [4.78, 5) is 14.1. The van der Waals surface area contributed by atoms with Crippen LogP contribution >= 0.6 is 0 Å². The summed E-state index contributed by atoms with van der Waals surface area (Å²) < 4.78 is 16.2. The summed E-state index contributed by atoms with van der Waals surface area (Å²) in [7, 11) is 3.28. The van der Waals surface area contributed by atoms with Crippen LogP contribution in [0.1, 0.15) is 12.0 Å². The van der Waals surface area contributed by atoms with Gasteiger partial charge in [-0.05, 0) is 28.8 Å². The number of nitrogens with one attached hydrogen (secondary N) is 1. The van der Waals surface area contributed by atoms with Gasteiger partial charge in [0.25, 0.3) is 0 Å². The molecule has 2 aromatic rings. The Morgan fingerprint density at radius 1 is 1.07 bits per heavy atom. The number of ether oxygens (including phenoxy) is 3. The Labute approximate surface area is 166 Å². The lowest BCUT2D eigenvalue weighted by molar-refractivity contribution is -0.135. The zero-order valence-corrected chi connectivity index (χ0v) is 16.6. The number of carbonyl (C=O) groups excluding carboxylic acids is 1. The molecular formula is C22H28N2O4. The molecule has 0 saturated carbocycles. The van der Waals surface area contributed by atoms with E-state index in [1.807, 2.05) is 35.2 Å². The quantitative estimate of drug-likeness (QED) is 0.709. The van der Waals surface area contributed by atoms with Crippen LogP contribution in [0.5, 0.6) is 11.5 Å². The van der Waals surface area contributed by atoms with E-state index in [2.05, 4.69) is 17.4 Å². The average Bonchev–Trinajstić information content (AvgIpc) is 2.77. The van der Waals surface area contributed by atoms with Crippen LogP contribution in [-0.4, -0.2) is 57.9 Å². The number of hydrogen-bond acceptors (Lipinski definition) is 5. The molecule has 0 spiro atoms. The predicted molar refractivity (Wildman–Crippen MR) is 109 cm³/mol. The summed E-state index contributed by atoms with van der Waals surface area (Å²) >= 11 is 0.